The third kappa shape index (κ3) is 4.00. The topological polar surface area (TPSA) is 61.4 Å². The van der Waals surface area contributed by atoms with E-state index in [-0.39, 0.29) is 0 Å². The number of sulfonamides is 1. The molecule has 1 saturated carbocycles. The van der Waals surface area contributed by atoms with E-state index < -0.39 is 10.0 Å². The van der Waals surface area contributed by atoms with Gasteiger partial charge in [-0.1, -0.05) is 37.5 Å². The van der Waals surface area contributed by atoms with Gasteiger partial charge in [0.25, 0.3) is 10.0 Å². The summed E-state index contributed by atoms with van der Waals surface area (Å²) in [5.74, 6) is 0. The molecule has 28 heavy (non-hydrogen) atoms. The van der Waals surface area contributed by atoms with Crippen LogP contribution in [0.5, 0.6) is 0 Å². The van der Waals surface area contributed by atoms with Crippen molar-refractivity contribution in [2.45, 2.75) is 49.5 Å². The summed E-state index contributed by atoms with van der Waals surface area (Å²) >= 11 is 5.41. The van der Waals surface area contributed by atoms with E-state index >= 15 is 0 Å². The first-order valence-electron chi connectivity index (χ1n) is 9.82. The van der Waals surface area contributed by atoms with E-state index in [9.17, 15) is 8.42 Å². The lowest BCUT2D eigenvalue weighted by Crippen LogP contribution is -2.38. The number of anilines is 2. The Morgan fingerprint density at radius 3 is 2.46 bits per heavy atom. The minimum absolute atomic E-state index is 0.293. The Morgan fingerprint density at radius 1 is 1.00 bits per heavy atom. The van der Waals surface area contributed by atoms with Crippen LogP contribution < -0.4 is 14.9 Å². The summed E-state index contributed by atoms with van der Waals surface area (Å²) in [7, 11) is -3.56. The van der Waals surface area contributed by atoms with E-state index in [2.05, 4.69) is 10.6 Å². The van der Waals surface area contributed by atoms with Crippen molar-refractivity contribution in [2.75, 3.05) is 16.2 Å². The van der Waals surface area contributed by atoms with E-state index in [1.807, 2.05) is 24.3 Å². The predicted octanol–water partition coefficient (Wildman–Crippen LogP) is 4.06. The second-order valence-electron chi connectivity index (χ2n) is 7.41. The fourth-order valence-corrected chi connectivity index (χ4v) is 5.78. The number of hydrogen-bond acceptors (Lipinski definition) is 3. The molecule has 1 aliphatic carbocycles. The number of nitrogens with one attached hydrogen (secondary N) is 2. The maximum Gasteiger partial charge on any atom is 0.264 e. The molecule has 7 heteroatoms. The summed E-state index contributed by atoms with van der Waals surface area (Å²) in [5.41, 5.74) is 2.64. The molecule has 4 rings (SSSR count). The highest BCUT2D eigenvalue weighted by molar-refractivity contribution is 7.92. The average molecular weight is 416 g/mol. The number of hydrogen-bond donors (Lipinski definition) is 2. The van der Waals surface area contributed by atoms with E-state index in [0.29, 0.717) is 22.6 Å². The molecular weight excluding hydrogens is 390 g/mol. The van der Waals surface area contributed by atoms with E-state index in [1.54, 1.807) is 24.3 Å². The zero-order chi connectivity index (χ0) is 19.6. The quantitative estimate of drug-likeness (QED) is 0.738. The molecular formula is C21H25N3O2S2. The minimum atomic E-state index is -3.56. The van der Waals surface area contributed by atoms with Gasteiger partial charge in [0.1, 0.15) is 0 Å². The Morgan fingerprint density at radius 2 is 1.71 bits per heavy atom. The number of fused-ring (bicyclic) bond motifs is 1. The lowest BCUT2D eigenvalue weighted by atomic mass is 9.96. The maximum absolute atomic E-state index is 13.1. The smallest absolute Gasteiger partial charge is 0.264 e. The lowest BCUT2D eigenvalue weighted by molar-refractivity contribution is 0.415. The van der Waals surface area contributed by atoms with Gasteiger partial charge in [-0.15, -0.1) is 0 Å². The van der Waals surface area contributed by atoms with Crippen molar-refractivity contribution in [2.24, 2.45) is 0 Å². The van der Waals surface area contributed by atoms with Crippen molar-refractivity contribution in [3.63, 3.8) is 0 Å². The summed E-state index contributed by atoms with van der Waals surface area (Å²) in [6.45, 7) is 0.483. The average Bonchev–Trinajstić information content (AvgIpc) is 3.14. The molecule has 0 atom stereocenters. The van der Waals surface area contributed by atoms with Gasteiger partial charge in [0.2, 0.25) is 0 Å². The number of para-hydroxylation sites is 1. The predicted molar refractivity (Wildman–Crippen MR) is 117 cm³/mol. The van der Waals surface area contributed by atoms with Gasteiger partial charge in [-0.2, -0.15) is 0 Å². The van der Waals surface area contributed by atoms with Gasteiger partial charge in [-0.3, -0.25) is 4.31 Å². The van der Waals surface area contributed by atoms with Crippen molar-refractivity contribution < 1.29 is 8.42 Å². The van der Waals surface area contributed by atoms with Gasteiger partial charge in [0.15, 0.2) is 5.11 Å². The van der Waals surface area contributed by atoms with E-state index in [0.717, 1.165) is 36.2 Å². The van der Waals surface area contributed by atoms with E-state index in [4.69, 9.17) is 12.2 Å². The molecule has 0 radical (unpaired) electrons. The molecule has 0 unspecified atom stereocenters. The zero-order valence-electron chi connectivity index (χ0n) is 15.7. The van der Waals surface area contributed by atoms with Crippen LogP contribution in [0.2, 0.25) is 0 Å². The Balaban J connectivity index is 1.43. The first kappa shape index (κ1) is 19.2. The molecule has 0 spiro atoms. The third-order valence-electron chi connectivity index (χ3n) is 5.49. The van der Waals surface area contributed by atoms with Crippen LogP contribution in [-0.2, 0) is 16.4 Å². The van der Waals surface area contributed by atoms with Gasteiger partial charge in [-0.05, 0) is 67.4 Å². The summed E-state index contributed by atoms with van der Waals surface area (Å²) in [5, 5.41) is 7.12. The van der Waals surface area contributed by atoms with Gasteiger partial charge < -0.3 is 10.6 Å². The van der Waals surface area contributed by atoms with Crippen LogP contribution >= 0.6 is 12.2 Å². The molecule has 2 aromatic rings. The molecule has 2 aromatic carbocycles. The second kappa shape index (κ2) is 8.09. The number of benzene rings is 2. The SMILES string of the molecule is O=S(=O)(c1ccc(NC(=S)NC2CCCCC2)cc1)N1CCc2ccccc21. The molecule has 2 N–H and O–H groups in total. The molecule has 1 heterocycles. The third-order valence-corrected chi connectivity index (χ3v) is 7.53. The van der Waals surface area contributed by atoms with Crippen LogP contribution in [0, 0.1) is 0 Å². The summed E-state index contributed by atoms with van der Waals surface area (Å²) in [6, 6.07) is 14.9. The number of nitrogens with zero attached hydrogens (tertiary/aromatic N) is 1. The van der Waals surface area contributed by atoms with Crippen molar-refractivity contribution in [3.8, 4) is 0 Å². The molecule has 0 bridgehead atoms. The number of thiocarbonyl (C=S) groups is 1. The van der Waals surface area contributed by atoms with Gasteiger partial charge >= 0.3 is 0 Å². The molecule has 148 valence electrons. The van der Waals surface area contributed by atoms with Crippen LogP contribution in [0.4, 0.5) is 11.4 Å². The fourth-order valence-electron chi connectivity index (χ4n) is 3.99. The van der Waals surface area contributed by atoms with Crippen LogP contribution in [0.15, 0.2) is 53.4 Å². The molecule has 0 saturated heterocycles. The van der Waals surface area contributed by atoms with Crippen molar-refractivity contribution in [1.29, 1.82) is 0 Å². The molecule has 1 fully saturated rings. The molecule has 0 aromatic heterocycles. The van der Waals surface area contributed by atoms with Crippen molar-refractivity contribution in [3.05, 3.63) is 54.1 Å². The molecule has 5 nitrogen and oxygen atoms in total. The Hall–Kier alpha value is -2.12. The highest BCUT2D eigenvalue weighted by Crippen LogP contribution is 2.32. The monoisotopic (exact) mass is 415 g/mol. The molecule has 2 aliphatic rings. The van der Waals surface area contributed by atoms with Gasteiger partial charge in [0.05, 0.1) is 10.6 Å². The van der Waals surface area contributed by atoms with Crippen molar-refractivity contribution >= 4 is 38.7 Å². The summed E-state index contributed by atoms with van der Waals surface area (Å²) in [4.78, 5) is 0.293. The number of rotatable bonds is 4. The Labute approximate surface area is 172 Å². The summed E-state index contributed by atoms with van der Waals surface area (Å²) in [6.07, 6.45) is 6.83. The fraction of sp³-hybridized carbons (Fsp3) is 0.381. The molecule has 0 amide bonds. The lowest BCUT2D eigenvalue weighted by Gasteiger charge is -2.24. The second-order valence-corrected chi connectivity index (χ2v) is 9.68. The Bertz CT molecular complexity index is 952. The van der Waals surface area contributed by atoms with Crippen LogP contribution in [0.25, 0.3) is 0 Å². The highest BCUT2D eigenvalue weighted by Gasteiger charge is 2.30. The van der Waals surface area contributed by atoms with E-state index in [1.165, 1.54) is 23.6 Å². The van der Waals surface area contributed by atoms with Crippen LogP contribution in [0.3, 0.4) is 0 Å². The Kier molecular flexibility index (Phi) is 5.55. The largest absolute Gasteiger partial charge is 0.360 e. The van der Waals surface area contributed by atoms with Crippen LogP contribution in [-0.4, -0.2) is 26.1 Å². The normalized spacial score (nSPS) is 17.2. The first-order chi connectivity index (χ1) is 13.5. The van der Waals surface area contributed by atoms with Gasteiger partial charge in [0, 0.05) is 18.3 Å². The van der Waals surface area contributed by atoms with Gasteiger partial charge in [-0.25, -0.2) is 8.42 Å². The van der Waals surface area contributed by atoms with Crippen molar-refractivity contribution in [1.82, 2.24) is 5.32 Å². The minimum Gasteiger partial charge on any atom is -0.360 e. The maximum atomic E-state index is 13.1. The zero-order valence-corrected chi connectivity index (χ0v) is 17.4. The standard InChI is InChI=1S/C21H25N3O2S2/c25-28(26,24-15-14-16-6-4-5-9-20(16)24)19-12-10-18(11-13-19)23-21(27)22-17-7-2-1-3-8-17/h4-6,9-13,17H,1-3,7-8,14-15H2,(H2,22,23,27). The van der Waals surface area contributed by atoms with Crippen LogP contribution in [0.1, 0.15) is 37.7 Å². The highest BCUT2D eigenvalue weighted by atomic mass is 32.2. The molecule has 1 aliphatic heterocycles. The first-order valence-corrected chi connectivity index (χ1v) is 11.7. The summed E-state index contributed by atoms with van der Waals surface area (Å²) < 4.78 is 27.6.